The van der Waals surface area contributed by atoms with Crippen molar-refractivity contribution in [2.75, 3.05) is 0 Å². The number of carboxylic acids is 1. The van der Waals surface area contributed by atoms with Crippen molar-refractivity contribution in [2.24, 2.45) is 0 Å². The Morgan fingerprint density at radius 3 is 2.53 bits per heavy atom. The molecule has 0 saturated heterocycles. The molecule has 0 aliphatic rings. The first-order chi connectivity index (χ1) is 6.68. The SMILES string of the molecule is Cc1cc(C(=O)O)cc2ccccc12.[Hg]. The maximum atomic E-state index is 10.8. The molecule has 0 aromatic heterocycles. The van der Waals surface area contributed by atoms with E-state index in [1.807, 2.05) is 31.2 Å². The van der Waals surface area contributed by atoms with Gasteiger partial charge in [-0.3, -0.25) is 0 Å². The Balaban J connectivity index is 0.00000112. The maximum Gasteiger partial charge on any atom is 0.335 e. The molecule has 2 aromatic rings. The molecule has 0 bridgehead atoms. The van der Waals surface area contributed by atoms with Crippen molar-refractivity contribution in [1.82, 2.24) is 0 Å². The zero-order valence-corrected chi connectivity index (χ0v) is 14.0. The molecule has 15 heavy (non-hydrogen) atoms. The molecule has 0 aliphatic heterocycles. The molecular formula is C12H10HgO2. The zero-order chi connectivity index (χ0) is 10.1. The second-order valence-electron chi connectivity index (χ2n) is 3.32. The Morgan fingerprint density at radius 2 is 1.87 bits per heavy atom. The van der Waals surface area contributed by atoms with E-state index in [2.05, 4.69) is 0 Å². The van der Waals surface area contributed by atoms with Crippen LogP contribution in [0.2, 0.25) is 0 Å². The molecule has 2 rings (SSSR count). The minimum absolute atomic E-state index is 0. The summed E-state index contributed by atoms with van der Waals surface area (Å²) in [6, 6.07) is 11.2. The van der Waals surface area contributed by atoms with E-state index in [0.717, 1.165) is 16.3 Å². The molecule has 0 atom stereocenters. The van der Waals surface area contributed by atoms with Crippen LogP contribution in [0.3, 0.4) is 0 Å². The van der Waals surface area contributed by atoms with E-state index in [4.69, 9.17) is 5.11 Å². The van der Waals surface area contributed by atoms with Gasteiger partial charge in [0.2, 0.25) is 0 Å². The van der Waals surface area contributed by atoms with Crippen LogP contribution in [0.5, 0.6) is 0 Å². The molecule has 72 valence electrons. The van der Waals surface area contributed by atoms with Crippen LogP contribution in [-0.2, 0) is 27.7 Å². The number of rotatable bonds is 1. The summed E-state index contributed by atoms with van der Waals surface area (Å²) < 4.78 is 0. The molecule has 3 heteroatoms. The molecular weight excluding hydrogens is 377 g/mol. The largest absolute Gasteiger partial charge is 0.478 e. The predicted molar refractivity (Wildman–Crippen MR) is 55.6 cm³/mol. The number of hydrogen-bond donors (Lipinski definition) is 1. The van der Waals surface area contributed by atoms with Gasteiger partial charge >= 0.3 is 5.97 Å². The van der Waals surface area contributed by atoms with Crippen LogP contribution >= 0.6 is 0 Å². The van der Waals surface area contributed by atoms with Crippen molar-refractivity contribution in [2.45, 2.75) is 6.92 Å². The number of hydrogen-bond acceptors (Lipinski definition) is 1. The third-order valence-corrected chi connectivity index (χ3v) is 2.32. The van der Waals surface area contributed by atoms with Crippen LogP contribution in [0.1, 0.15) is 15.9 Å². The van der Waals surface area contributed by atoms with Crippen LogP contribution in [0.25, 0.3) is 10.8 Å². The summed E-state index contributed by atoms with van der Waals surface area (Å²) >= 11 is 0. The van der Waals surface area contributed by atoms with Gasteiger partial charge in [0.25, 0.3) is 0 Å². The molecule has 0 aliphatic carbocycles. The average molecular weight is 387 g/mol. The van der Waals surface area contributed by atoms with Crippen molar-refractivity contribution < 1.29 is 37.6 Å². The predicted octanol–water partition coefficient (Wildman–Crippen LogP) is 2.84. The summed E-state index contributed by atoms with van der Waals surface area (Å²) in [6.07, 6.45) is 0. The second kappa shape index (κ2) is 4.75. The van der Waals surface area contributed by atoms with E-state index in [0.29, 0.717) is 5.56 Å². The van der Waals surface area contributed by atoms with Crippen LogP contribution in [0, 0.1) is 6.92 Å². The molecule has 0 saturated carbocycles. The van der Waals surface area contributed by atoms with E-state index in [1.165, 1.54) is 0 Å². The van der Waals surface area contributed by atoms with Crippen molar-refractivity contribution in [1.29, 1.82) is 0 Å². The van der Waals surface area contributed by atoms with Gasteiger partial charge < -0.3 is 5.11 Å². The molecule has 2 aromatic carbocycles. The maximum absolute atomic E-state index is 10.8. The fraction of sp³-hybridized carbons (Fsp3) is 0.0833. The van der Waals surface area contributed by atoms with Crippen molar-refractivity contribution in [3.8, 4) is 0 Å². The van der Waals surface area contributed by atoms with E-state index >= 15 is 0 Å². The molecule has 0 radical (unpaired) electrons. The summed E-state index contributed by atoms with van der Waals surface area (Å²) in [5.74, 6) is -0.876. The van der Waals surface area contributed by atoms with Crippen molar-refractivity contribution >= 4 is 16.7 Å². The average Bonchev–Trinajstić information content (AvgIpc) is 2.17. The first-order valence-electron chi connectivity index (χ1n) is 4.41. The van der Waals surface area contributed by atoms with E-state index < -0.39 is 5.97 Å². The molecule has 1 N–H and O–H groups in total. The number of benzene rings is 2. The zero-order valence-electron chi connectivity index (χ0n) is 8.53. The summed E-state index contributed by atoms with van der Waals surface area (Å²) in [7, 11) is 0. The Bertz CT molecular complexity index is 506. The van der Waals surface area contributed by atoms with Gasteiger partial charge in [-0.1, -0.05) is 24.3 Å². The Hall–Kier alpha value is -0.895. The third-order valence-electron chi connectivity index (χ3n) is 2.32. The summed E-state index contributed by atoms with van der Waals surface area (Å²) in [6.45, 7) is 1.93. The fourth-order valence-corrected chi connectivity index (χ4v) is 1.63. The van der Waals surface area contributed by atoms with E-state index in [-0.39, 0.29) is 27.7 Å². The first-order valence-corrected chi connectivity index (χ1v) is 4.41. The van der Waals surface area contributed by atoms with E-state index in [9.17, 15) is 4.79 Å². The minimum Gasteiger partial charge on any atom is -0.478 e. The Morgan fingerprint density at radius 1 is 1.20 bits per heavy atom. The van der Waals surface area contributed by atoms with Crippen molar-refractivity contribution in [3.63, 3.8) is 0 Å². The molecule has 0 amide bonds. The number of aryl methyl sites for hydroxylation is 1. The number of aromatic carboxylic acids is 1. The van der Waals surface area contributed by atoms with Gasteiger partial charge in [0, 0.05) is 27.7 Å². The van der Waals surface area contributed by atoms with Crippen LogP contribution < -0.4 is 0 Å². The van der Waals surface area contributed by atoms with Gasteiger partial charge in [-0.15, -0.1) is 0 Å². The van der Waals surface area contributed by atoms with Gasteiger partial charge in [-0.25, -0.2) is 4.79 Å². The van der Waals surface area contributed by atoms with E-state index in [1.54, 1.807) is 12.1 Å². The molecule has 0 heterocycles. The smallest absolute Gasteiger partial charge is 0.335 e. The Kier molecular flexibility index (Phi) is 3.86. The van der Waals surface area contributed by atoms with Gasteiger partial charge in [-0.05, 0) is 35.4 Å². The number of carbonyl (C=O) groups is 1. The monoisotopic (exact) mass is 388 g/mol. The second-order valence-corrected chi connectivity index (χ2v) is 3.32. The topological polar surface area (TPSA) is 37.3 Å². The van der Waals surface area contributed by atoms with Crippen LogP contribution in [0.4, 0.5) is 0 Å². The van der Waals surface area contributed by atoms with Gasteiger partial charge in [0.1, 0.15) is 0 Å². The molecule has 0 fully saturated rings. The quantitative estimate of drug-likeness (QED) is 0.765. The first kappa shape index (κ1) is 12.2. The number of carboxylic acid groups (broad SMARTS) is 1. The van der Waals surface area contributed by atoms with Crippen LogP contribution in [0.15, 0.2) is 36.4 Å². The van der Waals surface area contributed by atoms with Crippen LogP contribution in [-0.4, -0.2) is 11.1 Å². The minimum atomic E-state index is -0.876. The molecule has 0 spiro atoms. The van der Waals surface area contributed by atoms with Gasteiger partial charge in [0.15, 0.2) is 0 Å². The standard InChI is InChI=1S/C12H10O2.Hg/c1-8-6-10(12(13)14)7-9-4-2-3-5-11(8)9;/h2-7H,1H3,(H,13,14);. The third kappa shape index (κ3) is 2.37. The number of fused-ring (bicyclic) bond motifs is 1. The fourth-order valence-electron chi connectivity index (χ4n) is 1.63. The summed E-state index contributed by atoms with van der Waals surface area (Å²) in [5, 5.41) is 11.0. The Labute approximate surface area is 108 Å². The van der Waals surface area contributed by atoms with Crippen molar-refractivity contribution in [3.05, 3.63) is 47.5 Å². The normalized spacial score (nSPS) is 9.67. The molecule has 0 unspecified atom stereocenters. The molecule has 2 nitrogen and oxygen atoms in total. The van der Waals surface area contributed by atoms with Gasteiger partial charge in [-0.2, -0.15) is 0 Å². The summed E-state index contributed by atoms with van der Waals surface area (Å²) in [5.41, 5.74) is 1.35. The summed E-state index contributed by atoms with van der Waals surface area (Å²) in [4.78, 5) is 10.8. The van der Waals surface area contributed by atoms with Gasteiger partial charge in [0.05, 0.1) is 5.56 Å².